The largest absolute Gasteiger partial charge is 0.364 e. The van der Waals surface area contributed by atoms with Crippen LogP contribution in [0.2, 0.25) is 0 Å². The summed E-state index contributed by atoms with van der Waals surface area (Å²) < 4.78 is 0. The summed E-state index contributed by atoms with van der Waals surface area (Å²) in [4.78, 5) is 27.1. The number of nitrogens with one attached hydrogen (secondary N) is 1. The zero-order valence-corrected chi connectivity index (χ0v) is 9.33. The summed E-state index contributed by atoms with van der Waals surface area (Å²) in [6, 6.07) is 8.09. The van der Waals surface area contributed by atoms with Crippen molar-refractivity contribution >= 4 is 17.4 Å². The minimum atomic E-state index is -2.22. The minimum Gasteiger partial charge on any atom is -0.364 e. The topological polar surface area (TPSA) is 105 Å². The van der Waals surface area contributed by atoms with Crippen LogP contribution in [0.4, 0.5) is 0 Å². The van der Waals surface area contributed by atoms with E-state index in [9.17, 15) is 14.7 Å². The average Bonchev–Trinajstić information content (AvgIpc) is 2.39. The molecule has 0 radical (unpaired) electrons. The summed E-state index contributed by atoms with van der Waals surface area (Å²) in [7, 11) is 0. The van der Waals surface area contributed by atoms with Crippen LogP contribution < -0.4 is 11.1 Å². The van der Waals surface area contributed by atoms with Gasteiger partial charge in [0.15, 0.2) is 5.71 Å². The van der Waals surface area contributed by atoms with Crippen molar-refractivity contribution in [2.24, 2.45) is 10.7 Å². The van der Waals surface area contributed by atoms with Crippen molar-refractivity contribution in [3.05, 3.63) is 48.3 Å². The van der Waals surface area contributed by atoms with E-state index < -0.39 is 23.1 Å². The lowest BCUT2D eigenvalue weighted by Crippen LogP contribution is -2.61. The molecule has 0 spiro atoms. The standard InChI is InChI=1S/C12H11N3O3/c13-11(17)9-12(18,15-7-6-14-9)10(16)8-4-2-1-3-5-8/h1-7,15,18H,(H2,13,17). The van der Waals surface area contributed by atoms with Crippen molar-refractivity contribution in [1.29, 1.82) is 0 Å². The third kappa shape index (κ3) is 1.89. The zero-order valence-electron chi connectivity index (χ0n) is 9.33. The van der Waals surface area contributed by atoms with Gasteiger partial charge in [0.25, 0.3) is 5.91 Å². The van der Waals surface area contributed by atoms with Crippen LogP contribution in [-0.2, 0) is 4.79 Å². The van der Waals surface area contributed by atoms with Gasteiger partial charge in [0.1, 0.15) is 0 Å². The molecule has 6 heteroatoms. The van der Waals surface area contributed by atoms with E-state index in [1.807, 2.05) is 0 Å². The summed E-state index contributed by atoms with van der Waals surface area (Å²) in [5.41, 5.74) is 2.70. The Morgan fingerprint density at radius 1 is 1.28 bits per heavy atom. The lowest BCUT2D eigenvalue weighted by atomic mass is 9.95. The SMILES string of the molecule is NC(=O)C1=NC=CNC1(O)C(=O)c1ccccc1. The summed E-state index contributed by atoms with van der Waals surface area (Å²) in [5, 5.41) is 12.7. The Morgan fingerprint density at radius 3 is 2.56 bits per heavy atom. The monoisotopic (exact) mass is 245 g/mol. The van der Waals surface area contributed by atoms with E-state index in [4.69, 9.17) is 5.73 Å². The smallest absolute Gasteiger partial charge is 0.268 e. The third-order valence-electron chi connectivity index (χ3n) is 2.51. The number of amides is 1. The van der Waals surface area contributed by atoms with Crippen LogP contribution in [0.15, 0.2) is 47.7 Å². The Hall–Kier alpha value is -2.47. The predicted octanol–water partition coefficient (Wildman–Crippen LogP) is -0.441. The maximum absolute atomic E-state index is 12.2. The van der Waals surface area contributed by atoms with Crippen molar-refractivity contribution in [2.75, 3.05) is 0 Å². The predicted molar refractivity (Wildman–Crippen MR) is 64.6 cm³/mol. The highest BCUT2D eigenvalue weighted by molar-refractivity contribution is 6.47. The van der Waals surface area contributed by atoms with Crippen molar-refractivity contribution in [3.63, 3.8) is 0 Å². The van der Waals surface area contributed by atoms with Gasteiger partial charge in [-0.3, -0.25) is 9.59 Å². The van der Waals surface area contributed by atoms with Gasteiger partial charge in [0.05, 0.1) is 0 Å². The molecule has 2 rings (SSSR count). The maximum Gasteiger partial charge on any atom is 0.268 e. The van der Waals surface area contributed by atoms with E-state index in [-0.39, 0.29) is 5.56 Å². The molecular formula is C12H11N3O3. The van der Waals surface area contributed by atoms with Gasteiger partial charge in [-0.2, -0.15) is 0 Å². The number of ketones is 1. The van der Waals surface area contributed by atoms with Gasteiger partial charge >= 0.3 is 0 Å². The van der Waals surface area contributed by atoms with Crippen LogP contribution in [0.3, 0.4) is 0 Å². The van der Waals surface area contributed by atoms with Crippen LogP contribution in [0, 0.1) is 0 Å². The first kappa shape index (κ1) is 12.0. The van der Waals surface area contributed by atoms with E-state index >= 15 is 0 Å². The molecule has 6 nitrogen and oxygen atoms in total. The molecule has 0 aliphatic carbocycles. The van der Waals surface area contributed by atoms with Gasteiger partial charge in [-0.15, -0.1) is 0 Å². The Morgan fingerprint density at radius 2 is 1.94 bits per heavy atom. The summed E-state index contributed by atoms with van der Waals surface area (Å²) >= 11 is 0. The van der Waals surface area contributed by atoms with Gasteiger partial charge in [-0.1, -0.05) is 30.3 Å². The number of primary amides is 1. The summed E-state index contributed by atoms with van der Waals surface area (Å²) in [6.07, 6.45) is 2.51. The fourth-order valence-electron chi connectivity index (χ4n) is 1.64. The molecule has 0 saturated carbocycles. The molecule has 1 aromatic carbocycles. The second-order valence-electron chi connectivity index (χ2n) is 3.71. The number of benzene rings is 1. The van der Waals surface area contributed by atoms with Crippen molar-refractivity contribution in [2.45, 2.75) is 5.72 Å². The van der Waals surface area contributed by atoms with Crippen LogP contribution in [0.25, 0.3) is 0 Å². The number of carbonyl (C=O) groups excluding carboxylic acids is 2. The highest BCUT2D eigenvalue weighted by atomic mass is 16.3. The van der Waals surface area contributed by atoms with E-state index in [1.54, 1.807) is 18.2 Å². The number of aliphatic hydroxyl groups is 1. The zero-order chi connectivity index (χ0) is 13.2. The Kier molecular flexibility index (Phi) is 2.95. The Bertz CT molecular complexity index is 551. The molecule has 0 fully saturated rings. The second kappa shape index (κ2) is 4.42. The third-order valence-corrected chi connectivity index (χ3v) is 2.51. The maximum atomic E-state index is 12.2. The number of carbonyl (C=O) groups is 2. The molecule has 1 aliphatic heterocycles. The number of hydrogen-bond acceptors (Lipinski definition) is 5. The summed E-state index contributed by atoms with van der Waals surface area (Å²) in [6.45, 7) is 0. The first-order chi connectivity index (χ1) is 8.55. The number of nitrogens with zero attached hydrogens (tertiary/aromatic N) is 1. The molecule has 1 unspecified atom stereocenters. The van der Waals surface area contributed by atoms with Crippen molar-refractivity contribution in [3.8, 4) is 0 Å². The number of Topliss-reactive ketones (excluding diaryl/α,β-unsaturated/α-hetero) is 1. The molecule has 0 aromatic heterocycles. The van der Waals surface area contributed by atoms with Crippen LogP contribution in [-0.4, -0.2) is 28.2 Å². The van der Waals surface area contributed by atoms with Crippen molar-refractivity contribution < 1.29 is 14.7 Å². The molecule has 1 aliphatic rings. The number of rotatable bonds is 3. The van der Waals surface area contributed by atoms with Gasteiger partial charge in [0, 0.05) is 18.0 Å². The molecule has 1 amide bonds. The fraction of sp³-hybridized carbons (Fsp3) is 0.0833. The van der Waals surface area contributed by atoms with Crippen molar-refractivity contribution in [1.82, 2.24) is 5.32 Å². The van der Waals surface area contributed by atoms with Crippen LogP contribution in [0.1, 0.15) is 10.4 Å². The average molecular weight is 245 g/mol. The van der Waals surface area contributed by atoms with Gasteiger partial charge in [-0.05, 0) is 0 Å². The highest BCUT2D eigenvalue weighted by Crippen LogP contribution is 2.16. The molecular weight excluding hydrogens is 234 g/mol. The Labute approximate surface area is 103 Å². The van der Waals surface area contributed by atoms with Gasteiger partial charge < -0.3 is 16.2 Å². The molecule has 0 saturated heterocycles. The normalized spacial score (nSPS) is 21.9. The second-order valence-corrected chi connectivity index (χ2v) is 3.71. The molecule has 18 heavy (non-hydrogen) atoms. The molecule has 1 heterocycles. The molecule has 4 N–H and O–H groups in total. The molecule has 1 atom stereocenters. The minimum absolute atomic E-state index is 0.247. The van der Waals surface area contributed by atoms with Crippen LogP contribution in [0.5, 0.6) is 0 Å². The van der Waals surface area contributed by atoms with E-state index in [0.29, 0.717) is 0 Å². The quantitative estimate of drug-likeness (QED) is 0.628. The molecule has 0 bridgehead atoms. The van der Waals surface area contributed by atoms with Gasteiger partial charge in [-0.25, -0.2) is 4.99 Å². The first-order valence-electron chi connectivity index (χ1n) is 5.19. The molecule has 92 valence electrons. The number of nitrogens with two attached hydrogens (primary N) is 1. The number of hydrogen-bond donors (Lipinski definition) is 3. The van der Waals surface area contributed by atoms with Gasteiger partial charge in [0.2, 0.25) is 11.5 Å². The van der Waals surface area contributed by atoms with E-state index in [1.165, 1.54) is 24.5 Å². The first-order valence-corrected chi connectivity index (χ1v) is 5.19. The lowest BCUT2D eigenvalue weighted by Gasteiger charge is -2.28. The van der Waals surface area contributed by atoms with Crippen LogP contribution >= 0.6 is 0 Å². The fourth-order valence-corrected chi connectivity index (χ4v) is 1.64. The lowest BCUT2D eigenvalue weighted by molar-refractivity contribution is -0.112. The summed E-state index contributed by atoms with van der Waals surface area (Å²) in [5.74, 6) is -1.65. The molecule has 1 aromatic rings. The Balaban J connectivity index is 2.43. The van der Waals surface area contributed by atoms with E-state index in [0.717, 1.165) is 0 Å². The number of aliphatic imine (C=N–C) groups is 1. The van der Waals surface area contributed by atoms with E-state index in [2.05, 4.69) is 10.3 Å². The highest BCUT2D eigenvalue weighted by Gasteiger charge is 2.45.